The Morgan fingerprint density at radius 2 is 1.88 bits per heavy atom. The highest BCUT2D eigenvalue weighted by Crippen LogP contribution is 2.29. The third kappa shape index (κ3) is 5.30. The Labute approximate surface area is 194 Å². The highest BCUT2D eigenvalue weighted by atomic mass is 32.2. The van der Waals surface area contributed by atoms with Crippen molar-refractivity contribution in [2.45, 2.75) is 31.3 Å². The molecular weight excluding hydrogens is 447 g/mol. The van der Waals surface area contributed by atoms with E-state index in [1.54, 1.807) is 0 Å². The van der Waals surface area contributed by atoms with Crippen LogP contribution >= 0.6 is 11.8 Å². The van der Waals surface area contributed by atoms with Gasteiger partial charge in [0.1, 0.15) is 0 Å². The van der Waals surface area contributed by atoms with Crippen LogP contribution in [0.15, 0.2) is 47.6 Å². The molecule has 1 amide bonds. The quantitative estimate of drug-likeness (QED) is 0.311. The van der Waals surface area contributed by atoms with Gasteiger partial charge in [-0.25, -0.2) is 0 Å². The number of nitrogens with zero attached hydrogens (tertiary/aromatic N) is 5. The highest BCUT2D eigenvalue weighted by Gasteiger charge is 2.22. The van der Waals surface area contributed by atoms with Crippen LogP contribution in [0.2, 0.25) is 0 Å². The molecule has 0 bridgehead atoms. The van der Waals surface area contributed by atoms with Crippen molar-refractivity contribution in [3.05, 3.63) is 64.0 Å². The Hall–Kier alpha value is -3.47. The third-order valence-corrected chi connectivity index (χ3v) is 6.24. The van der Waals surface area contributed by atoms with Crippen LogP contribution in [0.3, 0.4) is 0 Å². The summed E-state index contributed by atoms with van der Waals surface area (Å²) in [7, 11) is 0. The van der Waals surface area contributed by atoms with Crippen molar-refractivity contribution < 1.29 is 14.1 Å². The molecule has 0 aliphatic carbocycles. The van der Waals surface area contributed by atoms with Crippen molar-refractivity contribution in [2.75, 3.05) is 29.1 Å². The van der Waals surface area contributed by atoms with Crippen molar-refractivity contribution in [1.82, 2.24) is 14.8 Å². The zero-order chi connectivity index (χ0) is 23.4. The number of carbonyl (C=O) groups is 1. The molecule has 2 heterocycles. The molecule has 9 nitrogen and oxygen atoms in total. The SMILES string of the molecule is Cc1ccc(-n2c(SCC(=O)Nc3ccc(F)c([N+](=O)[O-])c3)nnc2N2CCCCC2)cc1. The van der Waals surface area contributed by atoms with E-state index in [4.69, 9.17) is 0 Å². The van der Waals surface area contributed by atoms with E-state index in [0.29, 0.717) is 5.16 Å². The fraction of sp³-hybridized carbons (Fsp3) is 0.318. The maximum atomic E-state index is 13.5. The van der Waals surface area contributed by atoms with Crippen molar-refractivity contribution >= 4 is 35.0 Å². The number of nitro groups is 1. The van der Waals surface area contributed by atoms with E-state index in [-0.39, 0.29) is 17.3 Å². The number of carbonyl (C=O) groups excluding carboxylic acids is 1. The van der Waals surface area contributed by atoms with E-state index in [2.05, 4.69) is 20.4 Å². The minimum Gasteiger partial charge on any atom is -0.341 e. The number of anilines is 2. The minimum atomic E-state index is -0.955. The lowest BCUT2D eigenvalue weighted by molar-refractivity contribution is -0.387. The van der Waals surface area contributed by atoms with Gasteiger partial charge < -0.3 is 10.2 Å². The van der Waals surface area contributed by atoms with Crippen LogP contribution in [0.1, 0.15) is 24.8 Å². The second-order valence-electron chi connectivity index (χ2n) is 7.76. The number of nitro benzene ring substituents is 1. The highest BCUT2D eigenvalue weighted by molar-refractivity contribution is 7.99. The molecule has 0 radical (unpaired) electrons. The molecule has 1 fully saturated rings. The largest absolute Gasteiger partial charge is 0.341 e. The van der Waals surface area contributed by atoms with Gasteiger partial charge in [-0.15, -0.1) is 10.2 Å². The van der Waals surface area contributed by atoms with Crippen LogP contribution in [-0.4, -0.2) is 44.4 Å². The summed E-state index contributed by atoms with van der Waals surface area (Å²) in [4.78, 5) is 24.8. The minimum absolute atomic E-state index is 0.00910. The number of hydrogen-bond acceptors (Lipinski definition) is 7. The van der Waals surface area contributed by atoms with Gasteiger partial charge >= 0.3 is 5.69 Å². The standard InChI is InChI=1S/C22H23FN6O3S/c1-15-5-8-17(9-6-15)28-21(27-11-3-2-4-12-27)25-26-22(28)33-14-20(30)24-16-7-10-18(23)19(13-16)29(31)32/h5-10,13H,2-4,11-12,14H2,1H3,(H,24,30). The molecular formula is C22H23FN6O3S. The van der Waals surface area contributed by atoms with Gasteiger partial charge in [-0.1, -0.05) is 29.5 Å². The van der Waals surface area contributed by atoms with E-state index in [1.165, 1.54) is 24.2 Å². The smallest absolute Gasteiger partial charge is 0.306 e. The molecule has 1 aliphatic rings. The van der Waals surface area contributed by atoms with E-state index in [0.717, 1.165) is 55.3 Å². The Bertz CT molecular complexity index is 1160. The topological polar surface area (TPSA) is 106 Å². The molecule has 0 spiro atoms. The Morgan fingerprint density at radius 3 is 2.58 bits per heavy atom. The second kappa shape index (κ2) is 9.99. The summed E-state index contributed by atoms with van der Waals surface area (Å²) in [5.41, 5.74) is 1.50. The van der Waals surface area contributed by atoms with Crippen LogP contribution in [-0.2, 0) is 4.79 Å². The molecule has 1 N–H and O–H groups in total. The van der Waals surface area contributed by atoms with Crippen LogP contribution < -0.4 is 10.2 Å². The fourth-order valence-corrected chi connectivity index (χ4v) is 4.38. The number of piperidine rings is 1. The maximum Gasteiger partial charge on any atom is 0.306 e. The van der Waals surface area contributed by atoms with Crippen molar-refractivity contribution in [3.63, 3.8) is 0 Å². The first-order valence-electron chi connectivity index (χ1n) is 10.6. The number of thioether (sulfide) groups is 1. The zero-order valence-corrected chi connectivity index (χ0v) is 18.8. The van der Waals surface area contributed by atoms with Crippen molar-refractivity contribution in [2.24, 2.45) is 0 Å². The first kappa shape index (κ1) is 22.7. The third-order valence-electron chi connectivity index (χ3n) is 5.31. The van der Waals surface area contributed by atoms with E-state index < -0.39 is 16.4 Å². The molecule has 3 aromatic rings. The summed E-state index contributed by atoms with van der Waals surface area (Å²) < 4.78 is 15.5. The molecule has 33 heavy (non-hydrogen) atoms. The number of aromatic nitrogens is 3. The lowest BCUT2D eigenvalue weighted by Crippen LogP contribution is -2.31. The molecule has 11 heteroatoms. The molecule has 2 aromatic carbocycles. The van der Waals surface area contributed by atoms with Gasteiger partial charge in [0.05, 0.1) is 16.4 Å². The predicted octanol–water partition coefficient (Wildman–Crippen LogP) is 4.34. The average molecular weight is 471 g/mol. The summed E-state index contributed by atoms with van der Waals surface area (Å²) in [6.07, 6.45) is 3.38. The number of rotatable bonds is 7. The van der Waals surface area contributed by atoms with Gasteiger partial charge in [0.15, 0.2) is 5.16 Å². The van der Waals surface area contributed by atoms with E-state index >= 15 is 0 Å². The molecule has 0 unspecified atom stereocenters. The van der Waals surface area contributed by atoms with Gasteiger partial charge in [0.2, 0.25) is 17.7 Å². The van der Waals surface area contributed by atoms with Crippen LogP contribution in [0.25, 0.3) is 5.69 Å². The van der Waals surface area contributed by atoms with Gasteiger partial charge in [-0.2, -0.15) is 4.39 Å². The first-order chi connectivity index (χ1) is 15.9. The van der Waals surface area contributed by atoms with Crippen molar-refractivity contribution in [1.29, 1.82) is 0 Å². The fourth-order valence-electron chi connectivity index (χ4n) is 3.63. The lowest BCUT2D eigenvalue weighted by Gasteiger charge is -2.27. The van der Waals surface area contributed by atoms with E-state index in [1.807, 2.05) is 35.8 Å². The number of amides is 1. The van der Waals surface area contributed by atoms with Crippen molar-refractivity contribution in [3.8, 4) is 5.69 Å². The summed E-state index contributed by atoms with van der Waals surface area (Å²) in [6, 6.07) is 11.3. The van der Waals surface area contributed by atoms with Crippen LogP contribution in [0.5, 0.6) is 0 Å². The molecule has 1 saturated heterocycles. The molecule has 1 aliphatic heterocycles. The Kier molecular flexibility index (Phi) is 6.87. The number of nitrogens with one attached hydrogen (secondary N) is 1. The second-order valence-corrected chi connectivity index (χ2v) is 8.70. The molecule has 172 valence electrons. The van der Waals surface area contributed by atoms with Gasteiger partial charge in [-0.3, -0.25) is 19.5 Å². The number of halogens is 1. The van der Waals surface area contributed by atoms with E-state index in [9.17, 15) is 19.3 Å². The molecule has 4 rings (SSSR count). The predicted molar refractivity (Wildman–Crippen MR) is 125 cm³/mol. The zero-order valence-electron chi connectivity index (χ0n) is 18.0. The van der Waals surface area contributed by atoms with Crippen LogP contribution in [0.4, 0.5) is 21.7 Å². The molecule has 0 saturated carbocycles. The Balaban J connectivity index is 1.52. The molecule has 0 atom stereocenters. The van der Waals surface area contributed by atoms with Gasteiger partial charge in [-0.05, 0) is 50.5 Å². The average Bonchev–Trinajstić information content (AvgIpc) is 3.24. The summed E-state index contributed by atoms with van der Waals surface area (Å²) in [5, 5.41) is 22.8. The monoisotopic (exact) mass is 470 g/mol. The summed E-state index contributed by atoms with van der Waals surface area (Å²) in [6.45, 7) is 3.82. The van der Waals surface area contributed by atoms with Gasteiger partial charge in [0, 0.05) is 24.8 Å². The summed E-state index contributed by atoms with van der Waals surface area (Å²) >= 11 is 1.21. The number of benzene rings is 2. The molecule has 1 aromatic heterocycles. The van der Waals surface area contributed by atoms with Crippen LogP contribution in [0, 0.1) is 22.9 Å². The number of aryl methyl sites for hydroxylation is 1. The summed E-state index contributed by atoms with van der Waals surface area (Å²) in [5.74, 6) is -0.590. The maximum absolute atomic E-state index is 13.5. The lowest BCUT2D eigenvalue weighted by atomic mass is 10.1. The first-order valence-corrected chi connectivity index (χ1v) is 11.5. The van der Waals surface area contributed by atoms with Gasteiger partial charge in [0.25, 0.3) is 0 Å². The normalized spacial score (nSPS) is 13.7. The Morgan fingerprint density at radius 1 is 1.15 bits per heavy atom. The number of hydrogen-bond donors (Lipinski definition) is 1.